The molecule has 9 rings (SSSR count). The molecule has 10 N–H and O–H groups in total. The van der Waals surface area contributed by atoms with E-state index >= 15 is 0 Å². The molecule has 0 bridgehead atoms. The SMILES string of the molecule is CCC(NC(=N)N)[C@@H]1N[C@H](CNS(=O)(=O)c2ccc3ccccc3c2)CCN(CC(c2ccccc2)c2ccccc2)C1=O.NCC[C@@H]1N[C@H](CNC(=O)c2ccc3ccccc3c2)CCN(Cc2cc(Cl)cc(Cl)c2)C1=O. The standard InChI is InChI=1S/C34H40N6O3S.C26H28Cl2N4O2/c1-2-31(39-34(35)36)32-33(41)40(23-30(25-12-5-3-6-13-25)26-14-7-4-8-15-26)20-19-28(38-32)22-37-44(42,43)29-18-17-24-11-9-10-16-27(24)21-29;27-21-11-17(12-22(28)14-21)16-32-10-8-23(31-24(7-9-29)26(32)34)15-30-25(33)20-6-5-18-3-1-2-4-19(18)13-20/h3-18,21,28,30-32,37-38H,2,19-20,22-23H2,1H3,(H4,35,36,39);1-6,11-14,23-24,31H,7-10,15-16,29H2,(H,30,33)/t28-,31?,32-;23-,24-/m00/s1. The molecule has 408 valence electrons. The first-order valence-corrected chi connectivity index (χ1v) is 28.6. The summed E-state index contributed by atoms with van der Waals surface area (Å²) in [6.45, 7) is 4.69. The van der Waals surface area contributed by atoms with Gasteiger partial charge in [0, 0.05) is 72.9 Å². The predicted molar refractivity (Wildman–Crippen MR) is 312 cm³/mol. The number of carbonyl (C=O) groups is 3. The summed E-state index contributed by atoms with van der Waals surface area (Å²) in [5.74, 6) is -0.524. The highest BCUT2D eigenvalue weighted by Crippen LogP contribution is 2.28. The molecular weight excluding hydrogens is 1040 g/mol. The molecule has 0 saturated carbocycles. The van der Waals surface area contributed by atoms with Gasteiger partial charge in [-0.2, -0.15) is 0 Å². The van der Waals surface area contributed by atoms with Gasteiger partial charge in [-0.15, -0.1) is 0 Å². The molecule has 0 aliphatic carbocycles. The number of benzene rings is 7. The van der Waals surface area contributed by atoms with Crippen LogP contribution in [0, 0.1) is 5.41 Å². The third kappa shape index (κ3) is 15.2. The van der Waals surface area contributed by atoms with Crippen LogP contribution < -0.4 is 37.5 Å². The Morgan fingerprint density at radius 2 is 1.27 bits per heavy atom. The maximum absolute atomic E-state index is 14.2. The number of carbonyl (C=O) groups excluding carboxylic acids is 3. The van der Waals surface area contributed by atoms with Crippen LogP contribution in [0.4, 0.5) is 0 Å². The topological polar surface area (TPSA) is 228 Å². The second kappa shape index (κ2) is 27.1. The molecular formula is C60H68Cl2N10O5S. The molecule has 15 nitrogen and oxygen atoms in total. The average molecular weight is 1110 g/mol. The van der Waals surface area contributed by atoms with E-state index < -0.39 is 28.1 Å². The molecule has 18 heteroatoms. The average Bonchev–Trinajstić information content (AvgIpc) is 3.70. The molecule has 2 aliphatic rings. The van der Waals surface area contributed by atoms with Gasteiger partial charge in [-0.1, -0.05) is 151 Å². The van der Waals surface area contributed by atoms with Gasteiger partial charge in [0.15, 0.2) is 5.96 Å². The summed E-state index contributed by atoms with van der Waals surface area (Å²) in [6, 6.07) is 49.9. The van der Waals surface area contributed by atoms with Crippen LogP contribution in [0.5, 0.6) is 0 Å². The number of nitrogens with one attached hydrogen (secondary N) is 6. The molecule has 2 saturated heterocycles. The molecule has 0 spiro atoms. The van der Waals surface area contributed by atoms with E-state index in [0.29, 0.717) is 80.6 Å². The van der Waals surface area contributed by atoms with Crippen molar-refractivity contribution in [2.75, 3.05) is 39.3 Å². The van der Waals surface area contributed by atoms with Crippen molar-refractivity contribution in [1.29, 1.82) is 5.41 Å². The lowest BCUT2D eigenvalue weighted by Gasteiger charge is -2.33. The van der Waals surface area contributed by atoms with Crippen molar-refractivity contribution in [3.8, 4) is 0 Å². The molecule has 2 fully saturated rings. The predicted octanol–water partition coefficient (Wildman–Crippen LogP) is 7.76. The van der Waals surface area contributed by atoms with Crippen molar-refractivity contribution in [1.82, 2.24) is 35.8 Å². The van der Waals surface area contributed by atoms with Crippen LogP contribution in [0.15, 0.2) is 169 Å². The minimum Gasteiger partial charge on any atom is -0.370 e. The highest BCUT2D eigenvalue weighted by Gasteiger charge is 2.38. The number of guanidine groups is 1. The third-order valence-corrected chi connectivity index (χ3v) is 16.2. The number of sulfonamides is 1. The van der Waals surface area contributed by atoms with E-state index in [1.54, 1.807) is 29.2 Å². The number of halogens is 2. The molecule has 0 aromatic heterocycles. The molecule has 78 heavy (non-hydrogen) atoms. The second-order valence-corrected chi connectivity index (χ2v) is 22.5. The highest BCUT2D eigenvalue weighted by atomic mass is 35.5. The van der Waals surface area contributed by atoms with Crippen LogP contribution in [0.25, 0.3) is 21.5 Å². The monoisotopic (exact) mass is 1110 g/mol. The van der Waals surface area contributed by atoms with Gasteiger partial charge in [0.05, 0.1) is 17.0 Å². The van der Waals surface area contributed by atoms with Gasteiger partial charge in [-0.05, 0) is 113 Å². The summed E-state index contributed by atoms with van der Waals surface area (Å²) in [7, 11) is -3.80. The number of hydrogen-bond acceptors (Lipinski definition) is 9. The van der Waals surface area contributed by atoms with Crippen LogP contribution in [0.2, 0.25) is 10.0 Å². The molecule has 0 radical (unpaired) electrons. The van der Waals surface area contributed by atoms with E-state index in [0.717, 1.165) is 38.2 Å². The summed E-state index contributed by atoms with van der Waals surface area (Å²) < 4.78 is 29.4. The zero-order valence-electron chi connectivity index (χ0n) is 43.6. The van der Waals surface area contributed by atoms with Gasteiger partial charge in [0.1, 0.15) is 6.04 Å². The fraction of sp³-hybridized carbons (Fsp3) is 0.300. The van der Waals surface area contributed by atoms with E-state index in [1.165, 1.54) is 0 Å². The van der Waals surface area contributed by atoms with Crippen LogP contribution in [-0.4, -0.2) is 111 Å². The Labute approximate surface area is 467 Å². The smallest absolute Gasteiger partial charge is 0.251 e. The number of nitrogens with two attached hydrogens (primary N) is 2. The summed E-state index contributed by atoms with van der Waals surface area (Å²) in [6.07, 6.45) is 2.28. The Bertz CT molecular complexity index is 3240. The Morgan fingerprint density at radius 3 is 1.87 bits per heavy atom. The van der Waals surface area contributed by atoms with E-state index in [9.17, 15) is 22.8 Å². The first-order valence-electron chi connectivity index (χ1n) is 26.4. The number of nitrogens with zero attached hydrogens (tertiary/aromatic N) is 2. The van der Waals surface area contributed by atoms with Gasteiger partial charge in [0.25, 0.3) is 5.91 Å². The van der Waals surface area contributed by atoms with Crippen molar-refractivity contribution >= 4 is 78.5 Å². The number of rotatable bonds is 18. The van der Waals surface area contributed by atoms with Gasteiger partial charge in [0.2, 0.25) is 21.8 Å². The Morgan fingerprint density at radius 1 is 0.705 bits per heavy atom. The van der Waals surface area contributed by atoms with E-state index in [2.05, 4.69) is 50.3 Å². The van der Waals surface area contributed by atoms with Crippen molar-refractivity contribution in [2.24, 2.45) is 11.5 Å². The third-order valence-electron chi connectivity index (χ3n) is 14.3. The lowest BCUT2D eigenvalue weighted by Crippen LogP contribution is -2.60. The van der Waals surface area contributed by atoms with E-state index in [-0.39, 0.29) is 53.1 Å². The summed E-state index contributed by atoms with van der Waals surface area (Å²) in [5.41, 5.74) is 15.2. The van der Waals surface area contributed by atoms with Crippen LogP contribution >= 0.6 is 23.2 Å². The van der Waals surface area contributed by atoms with Crippen molar-refractivity contribution in [3.63, 3.8) is 0 Å². The lowest BCUT2D eigenvalue weighted by atomic mass is 9.90. The minimum atomic E-state index is -3.80. The van der Waals surface area contributed by atoms with Crippen LogP contribution in [0.3, 0.4) is 0 Å². The normalized spacial score (nSPS) is 18.4. The van der Waals surface area contributed by atoms with Crippen molar-refractivity contribution in [2.45, 2.75) is 80.2 Å². The molecule has 7 aromatic rings. The van der Waals surface area contributed by atoms with E-state index in [1.807, 2.05) is 127 Å². The maximum atomic E-state index is 14.2. The molecule has 2 heterocycles. The largest absolute Gasteiger partial charge is 0.370 e. The van der Waals surface area contributed by atoms with Gasteiger partial charge < -0.3 is 37.2 Å². The molecule has 7 aromatic carbocycles. The molecule has 5 atom stereocenters. The van der Waals surface area contributed by atoms with Gasteiger partial charge >= 0.3 is 0 Å². The first kappa shape index (κ1) is 57.3. The van der Waals surface area contributed by atoms with Gasteiger partial charge in [-0.3, -0.25) is 25.1 Å². The lowest BCUT2D eigenvalue weighted by molar-refractivity contribution is -0.134. The zero-order valence-corrected chi connectivity index (χ0v) is 45.9. The molecule has 2 aliphatic heterocycles. The quantitative estimate of drug-likeness (QED) is 0.0308. The number of hydrogen-bond donors (Lipinski definition) is 8. The fourth-order valence-electron chi connectivity index (χ4n) is 10.2. The Kier molecular flexibility index (Phi) is 19.9. The summed E-state index contributed by atoms with van der Waals surface area (Å²) in [4.78, 5) is 44.0. The highest BCUT2D eigenvalue weighted by molar-refractivity contribution is 7.89. The fourth-order valence-corrected chi connectivity index (χ4v) is 11.9. The van der Waals surface area contributed by atoms with Crippen molar-refractivity contribution < 1.29 is 22.8 Å². The van der Waals surface area contributed by atoms with E-state index in [4.69, 9.17) is 40.1 Å². The second-order valence-electron chi connectivity index (χ2n) is 19.8. The zero-order chi connectivity index (χ0) is 55.2. The van der Waals surface area contributed by atoms with Crippen molar-refractivity contribution in [3.05, 3.63) is 196 Å². The van der Waals surface area contributed by atoms with Crippen LogP contribution in [-0.2, 0) is 26.2 Å². The Balaban J connectivity index is 0.000000213. The molecule has 3 amide bonds. The minimum absolute atomic E-state index is 0.00935. The maximum Gasteiger partial charge on any atom is 0.251 e. The number of amides is 3. The summed E-state index contributed by atoms with van der Waals surface area (Å²) >= 11 is 12.3. The number of fused-ring (bicyclic) bond motifs is 2. The van der Waals surface area contributed by atoms with Crippen LogP contribution in [0.1, 0.15) is 65.6 Å². The molecule has 1 unspecified atom stereocenters. The first-order chi connectivity index (χ1) is 37.7. The van der Waals surface area contributed by atoms with Gasteiger partial charge in [-0.25, -0.2) is 13.1 Å². The summed E-state index contributed by atoms with van der Waals surface area (Å²) in [5, 5.41) is 25.6. The Hall–Kier alpha value is -6.89.